The number of hydrogen-bond acceptors (Lipinski definition) is 7. The molecule has 7 nitrogen and oxygen atoms in total. The molecule has 5 aromatic rings. The largest absolute Gasteiger partial charge is 0.496 e. The fourth-order valence-electron chi connectivity index (χ4n) is 5.49. The Morgan fingerprint density at radius 3 is 2.70 bits per heavy atom. The van der Waals surface area contributed by atoms with Gasteiger partial charge in [-0.05, 0) is 54.4 Å². The number of allylic oxidation sites excluding steroid dienone is 1. The van der Waals surface area contributed by atoms with E-state index in [-0.39, 0.29) is 12.2 Å². The number of ether oxygens (including phenoxy) is 2. The standard InChI is InChI=1S/C34H29BrN2O5S/c1-4-9-25-30(33(39)41-5-2)31(29-24-13-7-6-10-20(24)14-16-27(29)40-3)37-32(38)28(43-34(37)36-25)19-23-15-17-26(42-23)21-11-8-12-22(35)18-21/h6-8,10-19,31H,4-5,9H2,1-3H3/b28-19-. The molecule has 3 heterocycles. The van der Waals surface area contributed by atoms with E-state index in [2.05, 4.69) is 15.9 Å². The maximum atomic E-state index is 14.3. The van der Waals surface area contributed by atoms with Crippen LogP contribution in [0.15, 0.2) is 103 Å². The smallest absolute Gasteiger partial charge is 0.338 e. The highest BCUT2D eigenvalue weighted by atomic mass is 79.9. The third-order valence-corrected chi connectivity index (χ3v) is 8.80. The molecule has 0 saturated heterocycles. The molecule has 1 unspecified atom stereocenters. The number of fused-ring (bicyclic) bond motifs is 2. The predicted octanol–water partition coefficient (Wildman–Crippen LogP) is 6.76. The van der Waals surface area contributed by atoms with Gasteiger partial charge in [0.05, 0.1) is 29.5 Å². The second-order valence-corrected chi connectivity index (χ2v) is 12.0. The molecule has 0 amide bonds. The summed E-state index contributed by atoms with van der Waals surface area (Å²) in [7, 11) is 1.60. The molecule has 6 rings (SSSR count). The van der Waals surface area contributed by atoms with Crippen LogP contribution in [0.3, 0.4) is 0 Å². The summed E-state index contributed by atoms with van der Waals surface area (Å²) in [4.78, 5) is 33.3. The molecule has 0 radical (unpaired) electrons. The Bertz CT molecular complexity index is 2070. The number of thiazole rings is 1. The summed E-state index contributed by atoms with van der Waals surface area (Å²) in [6.07, 6.45) is 3.05. The van der Waals surface area contributed by atoms with Crippen molar-refractivity contribution in [3.05, 3.63) is 120 Å². The van der Waals surface area contributed by atoms with Gasteiger partial charge in [-0.1, -0.05) is 83.1 Å². The number of carbonyl (C=O) groups is 1. The van der Waals surface area contributed by atoms with Crippen molar-refractivity contribution in [1.29, 1.82) is 0 Å². The van der Waals surface area contributed by atoms with Crippen LogP contribution in [0.25, 0.3) is 28.2 Å². The normalized spacial score (nSPS) is 15.0. The van der Waals surface area contributed by atoms with Gasteiger partial charge in [0.1, 0.15) is 23.3 Å². The van der Waals surface area contributed by atoms with Crippen molar-refractivity contribution in [2.45, 2.75) is 32.7 Å². The summed E-state index contributed by atoms with van der Waals surface area (Å²) in [5.74, 6) is 1.31. The number of carbonyl (C=O) groups excluding carboxylic acids is 1. The summed E-state index contributed by atoms with van der Waals surface area (Å²) >= 11 is 4.78. The van der Waals surface area contributed by atoms with Crippen LogP contribution in [0, 0.1) is 0 Å². The van der Waals surface area contributed by atoms with Crippen molar-refractivity contribution < 1.29 is 18.7 Å². The highest BCUT2D eigenvalue weighted by Crippen LogP contribution is 2.41. The Labute approximate surface area is 260 Å². The van der Waals surface area contributed by atoms with Crippen LogP contribution in [0.2, 0.25) is 0 Å². The number of methoxy groups -OCH3 is 1. The van der Waals surface area contributed by atoms with Crippen LogP contribution in [0.4, 0.5) is 0 Å². The number of aromatic nitrogens is 1. The van der Waals surface area contributed by atoms with Crippen molar-refractivity contribution in [3.63, 3.8) is 0 Å². The van der Waals surface area contributed by atoms with Crippen LogP contribution < -0.4 is 19.6 Å². The number of hydrogen-bond donors (Lipinski definition) is 0. The van der Waals surface area contributed by atoms with E-state index in [0.29, 0.717) is 44.3 Å². The second-order valence-electron chi connectivity index (χ2n) is 10.0. The van der Waals surface area contributed by atoms with E-state index in [0.717, 1.165) is 32.8 Å². The number of benzene rings is 3. The van der Waals surface area contributed by atoms with Crippen LogP contribution in [0.1, 0.15) is 44.1 Å². The minimum Gasteiger partial charge on any atom is -0.496 e. The van der Waals surface area contributed by atoms with Gasteiger partial charge >= 0.3 is 5.97 Å². The fourth-order valence-corrected chi connectivity index (χ4v) is 6.89. The van der Waals surface area contributed by atoms with Crippen molar-refractivity contribution in [1.82, 2.24) is 4.57 Å². The van der Waals surface area contributed by atoms with Gasteiger partial charge in [0.2, 0.25) is 0 Å². The number of halogens is 1. The molecule has 1 aliphatic rings. The van der Waals surface area contributed by atoms with E-state index in [4.69, 9.17) is 18.9 Å². The lowest BCUT2D eigenvalue weighted by atomic mass is 9.90. The number of esters is 1. The molecule has 3 aromatic carbocycles. The number of furan rings is 1. The third-order valence-electron chi connectivity index (χ3n) is 7.33. The van der Waals surface area contributed by atoms with Gasteiger partial charge < -0.3 is 13.9 Å². The van der Waals surface area contributed by atoms with Gasteiger partial charge in [-0.15, -0.1) is 0 Å². The minimum atomic E-state index is -0.797. The molecule has 0 saturated carbocycles. The molecule has 0 aliphatic carbocycles. The molecular weight excluding hydrogens is 628 g/mol. The van der Waals surface area contributed by atoms with Crippen molar-refractivity contribution >= 4 is 50.1 Å². The maximum absolute atomic E-state index is 14.3. The van der Waals surface area contributed by atoms with Gasteiger partial charge in [0.25, 0.3) is 5.56 Å². The molecule has 218 valence electrons. The van der Waals surface area contributed by atoms with Crippen LogP contribution >= 0.6 is 27.3 Å². The molecule has 2 aromatic heterocycles. The Hall–Kier alpha value is -4.21. The zero-order valence-electron chi connectivity index (χ0n) is 23.9. The fraction of sp³-hybridized carbons (Fsp3) is 0.206. The van der Waals surface area contributed by atoms with Crippen LogP contribution in [0.5, 0.6) is 5.75 Å². The van der Waals surface area contributed by atoms with Gasteiger partial charge in [-0.2, -0.15) is 0 Å². The third kappa shape index (κ3) is 5.39. The molecule has 9 heteroatoms. The second kappa shape index (κ2) is 12.2. The summed E-state index contributed by atoms with van der Waals surface area (Å²) in [6, 6.07) is 22.5. The Morgan fingerprint density at radius 2 is 1.93 bits per heavy atom. The first-order valence-electron chi connectivity index (χ1n) is 14.1. The van der Waals surface area contributed by atoms with Crippen LogP contribution in [-0.4, -0.2) is 24.3 Å². The first-order valence-corrected chi connectivity index (χ1v) is 15.7. The quantitative estimate of drug-likeness (QED) is 0.172. The molecular formula is C34H29BrN2O5S. The average molecular weight is 658 g/mol. The Morgan fingerprint density at radius 1 is 1.09 bits per heavy atom. The average Bonchev–Trinajstić information content (AvgIpc) is 3.60. The van der Waals surface area contributed by atoms with E-state index in [9.17, 15) is 9.59 Å². The van der Waals surface area contributed by atoms with Crippen molar-refractivity contribution in [2.75, 3.05) is 13.7 Å². The Kier molecular flexibility index (Phi) is 8.19. The first kappa shape index (κ1) is 28.9. The SMILES string of the molecule is CCCC1=C(C(=O)OCC)C(c2c(OC)ccc3ccccc23)n2c(s/c(=C\c3ccc(-c4cccc(Br)c4)o3)c2=O)=N1. The van der Waals surface area contributed by atoms with E-state index in [1.165, 1.54) is 11.3 Å². The summed E-state index contributed by atoms with van der Waals surface area (Å²) in [5.41, 5.74) is 2.33. The highest BCUT2D eigenvalue weighted by Gasteiger charge is 2.37. The zero-order valence-corrected chi connectivity index (χ0v) is 26.3. The van der Waals surface area contributed by atoms with E-state index >= 15 is 0 Å². The minimum absolute atomic E-state index is 0.199. The van der Waals surface area contributed by atoms with Gasteiger partial charge in [0.15, 0.2) is 4.80 Å². The molecule has 0 spiro atoms. The van der Waals surface area contributed by atoms with Gasteiger partial charge in [0, 0.05) is 21.7 Å². The Balaban J connectivity index is 1.60. The molecule has 1 atom stereocenters. The number of nitrogens with zero attached hydrogens (tertiary/aromatic N) is 2. The summed E-state index contributed by atoms with van der Waals surface area (Å²) in [5, 5.41) is 1.85. The molecule has 1 aliphatic heterocycles. The van der Waals surface area contributed by atoms with E-state index < -0.39 is 12.0 Å². The first-order chi connectivity index (χ1) is 20.9. The lowest BCUT2D eigenvalue weighted by Gasteiger charge is -2.28. The zero-order chi connectivity index (χ0) is 30.1. The van der Waals surface area contributed by atoms with Crippen LogP contribution in [-0.2, 0) is 9.53 Å². The topological polar surface area (TPSA) is 83.0 Å². The van der Waals surface area contributed by atoms with E-state index in [1.807, 2.05) is 79.7 Å². The van der Waals surface area contributed by atoms with Gasteiger partial charge in [-0.3, -0.25) is 9.36 Å². The summed E-state index contributed by atoms with van der Waals surface area (Å²) < 4.78 is 20.5. The molecule has 43 heavy (non-hydrogen) atoms. The molecule has 0 fully saturated rings. The van der Waals surface area contributed by atoms with Crippen molar-refractivity contribution in [2.24, 2.45) is 4.99 Å². The monoisotopic (exact) mass is 656 g/mol. The molecule has 0 bridgehead atoms. The highest BCUT2D eigenvalue weighted by molar-refractivity contribution is 9.10. The number of rotatable bonds is 8. The maximum Gasteiger partial charge on any atom is 0.338 e. The molecule has 0 N–H and O–H groups in total. The van der Waals surface area contributed by atoms with Gasteiger partial charge in [-0.25, -0.2) is 9.79 Å². The summed E-state index contributed by atoms with van der Waals surface area (Å²) in [6.45, 7) is 4.00. The lowest BCUT2D eigenvalue weighted by Crippen LogP contribution is -2.40. The van der Waals surface area contributed by atoms with Crippen molar-refractivity contribution in [3.8, 4) is 17.1 Å². The lowest BCUT2D eigenvalue weighted by molar-refractivity contribution is -0.139. The predicted molar refractivity (Wildman–Crippen MR) is 172 cm³/mol. The van der Waals surface area contributed by atoms with E-state index in [1.54, 1.807) is 24.7 Å².